The summed E-state index contributed by atoms with van der Waals surface area (Å²) in [5.74, 6) is 0.120. The number of aliphatic carboxylic acids is 1. The van der Waals surface area contributed by atoms with E-state index in [0.717, 1.165) is 17.7 Å². The van der Waals surface area contributed by atoms with Crippen LogP contribution in [-0.2, 0) is 11.2 Å². The number of carboxylic acids is 1. The summed E-state index contributed by atoms with van der Waals surface area (Å²) in [5.41, 5.74) is 1.57. The number of carbonyl (C=O) groups excluding carboxylic acids is 1. The first-order valence-corrected chi connectivity index (χ1v) is 6.94. The molecule has 0 atom stereocenters. The molecule has 0 fully saturated rings. The van der Waals surface area contributed by atoms with Crippen molar-refractivity contribution in [3.63, 3.8) is 0 Å². The molecular weight excluding hydrogens is 256 g/mol. The number of Topliss-reactive ketones (excluding diaryl/α,β-unsaturated/α-hetero) is 1. The summed E-state index contributed by atoms with van der Waals surface area (Å²) in [4.78, 5) is 22.5. The second-order valence-corrected chi connectivity index (χ2v) is 5.89. The van der Waals surface area contributed by atoms with Gasteiger partial charge in [-0.05, 0) is 50.5 Å². The van der Waals surface area contributed by atoms with Crippen molar-refractivity contribution >= 4 is 11.8 Å². The molecule has 0 unspecified atom stereocenters. The minimum absolute atomic E-state index is 0.0721. The fourth-order valence-electron chi connectivity index (χ4n) is 2.49. The highest BCUT2D eigenvalue weighted by atomic mass is 16.5. The standard InChI is InChI=1S/C16H20O4/c1-16(2)10-12-9-11(7-8-14(12)20-16)13(17)5-3-4-6-15(18)19/h7-9H,3-6,10H2,1-2H3,(H,18,19). The number of benzene rings is 1. The van der Waals surface area contributed by atoms with Gasteiger partial charge in [-0.2, -0.15) is 0 Å². The number of hydrogen-bond acceptors (Lipinski definition) is 3. The van der Waals surface area contributed by atoms with E-state index in [4.69, 9.17) is 9.84 Å². The highest BCUT2D eigenvalue weighted by Crippen LogP contribution is 2.35. The third-order valence-corrected chi connectivity index (χ3v) is 3.43. The van der Waals surface area contributed by atoms with Gasteiger partial charge in [-0.15, -0.1) is 0 Å². The average Bonchev–Trinajstić information content (AvgIpc) is 2.66. The number of carboxylic acid groups (broad SMARTS) is 1. The summed E-state index contributed by atoms with van der Waals surface area (Å²) in [6.45, 7) is 4.06. The van der Waals surface area contributed by atoms with E-state index in [2.05, 4.69) is 0 Å². The summed E-state index contributed by atoms with van der Waals surface area (Å²) in [6.07, 6.45) is 2.49. The van der Waals surface area contributed by atoms with Crippen LogP contribution >= 0.6 is 0 Å². The van der Waals surface area contributed by atoms with Gasteiger partial charge in [-0.3, -0.25) is 9.59 Å². The molecule has 0 radical (unpaired) electrons. The van der Waals surface area contributed by atoms with E-state index < -0.39 is 5.97 Å². The van der Waals surface area contributed by atoms with E-state index >= 15 is 0 Å². The first-order valence-electron chi connectivity index (χ1n) is 6.94. The first kappa shape index (κ1) is 14.6. The van der Waals surface area contributed by atoms with Crippen LogP contribution in [0.4, 0.5) is 0 Å². The van der Waals surface area contributed by atoms with Crippen LogP contribution in [0, 0.1) is 0 Å². The van der Waals surface area contributed by atoms with Crippen molar-refractivity contribution in [3.05, 3.63) is 29.3 Å². The quantitative estimate of drug-likeness (QED) is 0.640. The highest BCUT2D eigenvalue weighted by molar-refractivity contribution is 5.96. The van der Waals surface area contributed by atoms with E-state index in [-0.39, 0.29) is 17.8 Å². The number of hydrogen-bond donors (Lipinski definition) is 1. The summed E-state index contributed by atoms with van der Waals surface area (Å²) in [5, 5.41) is 8.55. The van der Waals surface area contributed by atoms with E-state index in [9.17, 15) is 9.59 Å². The van der Waals surface area contributed by atoms with Gasteiger partial charge in [0.15, 0.2) is 5.78 Å². The molecular formula is C16H20O4. The lowest BCUT2D eigenvalue weighted by molar-refractivity contribution is -0.137. The lowest BCUT2D eigenvalue weighted by Gasteiger charge is -2.16. The Morgan fingerprint density at radius 3 is 2.65 bits per heavy atom. The average molecular weight is 276 g/mol. The summed E-state index contributed by atoms with van der Waals surface area (Å²) in [7, 11) is 0. The largest absolute Gasteiger partial charge is 0.487 e. The van der Waals surface area contributed by atoms with E-state index in [0.29, 0.717) is 24.8 Å². The molecule has 1 heterocycles. The summed E-state index contributed by atoms with van der Waals surface area (Å²) >= 11 is 0. The number of fused-ring (bicyclic) bond motifs is 1. The molecule has 20 heavy (non-hydrogen) atoms. The van der Waals surface area contributed by atoms with Crippen LogP contribution in [0.25, 0.3) is 0 Å². The molecule has 1 aliphatic heterocycles. The van der Waals surface area contributed by atoms with Gasteiger partial charge >= 0.3 is 5.97 Å². The van der Waals surface area contributed by atoms with Crippen molar-refractivity contribution in [2.45, 2.75) is 51.6 Å². The minimum atomic E-state index is -0.811. The maximum atomic E-state index is 12.1. The Kier molecular flexibility index (Phi) is 4.12. The second kappa shape index (κ2) is 5.65. The number of carbonyl (C=O) groups is 2. The lowest BCUT2D eigenvalue weighted by atomic mass is 9.97. The van der Waals surface area contributed by atoms with Crippen molar-refractivity contribution in [2.24, 2.45) is 0 Å². The Morgan fingerprint density at radius 2 is 1.95 bits per heavy atom. The molecule has 4 heteroatoms. The fraction of sp³-hybridized carbons (Fsp3) is 0.500. The van der Waals surface area contributed by atoms with Crippen molar-refractivity contribution < 1.29 is 19.4 Å². The molecule has 2 rings (SSSR count). The van der Waals surface area contributed by atoms with Crippen molar-refractivity contribution in [1.82, 2.24) is 0 Å². The molecule has 0 aliphatic carbocycles. The predicted octanol–water partition coefficient (Wildman–Crippen LogP) is 3.23. The molecule has 0 saturated carbocycles. The zero-order valence-corrected chi connectivity index (χ0v) is 11.9. The Labute approximate surface area is 118 Å². The second-order valence-electron chi connectivity index (χ2n) is 5.89. The van der Waals surface area contributed by atoms with Crippen molar-refractivity contribution in [3.8, 4) is 5.75 Å². The third kappa shape index (κ3) is 3.59. The van der Waals surface area contributed by atoms with Crippen LogP contribution in [0.5, 0.6) is 5.75 Å². The van der Waals surface area contributed by atoms with Gasteiger partial charge in [0.1, 0.15) is 11.4 Å². The summed E-state index contributed by atoms with van der Waals surface area (Å²) < 4.78 is 5.78. The number of rotatable bonds is 6. The normalized spacial score (nSPS) is 15.5. The fourth-order valence-corrected chi connectivity index (χ4v) is 2.49. The van der Waals surface area contributed by atoms with Crippen molar-refractivity contribution in [1.29, 1.82) is 0 Å². The SMILES string of the molecule is CC1(C)Cc2cc(C(=O)CCCCC(=O)O)ccc2O1. The van der Waals surface area contributed by atoms with Gasteiger partial charge in [0.25, 0.3) is 0 Å². The molecule has 0 saturated heterocycles. The minimum Gasteiger partial charge on any atom is -0.487 e. The van der Waals surface area contributed by atoms with Gasteiger partial charge in [0, 0.05) is 24.8 Å². The van der Waals surface area contributed by atoms with Gasteiger partial charge in [-0.25, -0.2) is 0 Å². The summed E-state index contributed by atoms with van der Waals surface area (Å²) in [6, 6.07) is 5.55. The Bertz CT molecular complexity index is 531. The maximum Gasteiger partial charge on any atom is 0.303 e. The zero-order valence-electron chi connectivity index (χ0n) is 11.9. The number of unbranched alkanes of at least 4 members (excludes halogenated alkanes) is 1. The zero-order chi connectivity index (χ0) is 14.8. The van der Waals surface area contributed by atoms with Crippen LogP contribution in [0.1, 0.15) is 55.5 Å². The number of ketones is 1. The molecule has 0 amide bonds. The van der Waals surface area contributed by atoms with Crippen LogP contribution in [-0.4, -0.2) is 22.5 Å². The molecule has 4 nitrogen and oxygen atoms in total. The molecule has 1 aromatic rings. The highest BCUT2D eigenvalue weighted by Gasteiger charge is 2.30. The molecule has 1 N–H and O–H groups in total. The molecule has 0 aromatic heterocycles. The van der Waals surface area contributed by atoms with Crippen LogP contribution in [0.2, 0.25) is 0 Å². The monoisotopic (exact) mass is 276 g/mol. The molecule has 108 valence electrons. The molecule has 1 aliphatic rings. The smallest absolute Gasteiger partial charge is 0.303 e. The lowest BCUT2D eigenvalue weighted by Crippen LogP contribution is -2.24. The van der Waals surface area contributed by atoms with Crippen LogP contribution in [0.15, 0.2) is 18.2 Å². The van der Waals surface area contributed by atoms with Gasteiger partial charge in [-0.1, -0.05) is 0 Å². The Balaban J connectivity index is 1.94. The predicted molar refractivity (Wildman–Crippen MR) is 75.3 cm³/mol. The molecule has 0 spiro atoms. The molecule has 1 aromatic carbocycles. The van der Waals surface area contributed by atoms with Crippen LogP contribution < -0.4 is 4.74 Å². The van der Waals surface area contributed by atoms with Gasteiger partial charge in [0.2, 0.25) is 0 Å². The first-order chi connectivity index (χ1) is 9.37. The topological polar surface area (TPSA) is 63.6 Å². The molecule has 0 bridgehead atoms. The Hall–Kier alpha value is -1.84. The third-order valence-electron chi connectivity index (χ3n) is 3.43. The van der Waals surface area contributed by atoms with Gasteiger partial charge in [0.05, 0.1) is 0 Å². The Morgan fingerprint density at radius 1 is 1.25 bits per heavy atom. The van der Waals surface area contributed by atoms with E-state index in [1.165, 1.54) is 0 Å². The van der Waals surface area contributed by atoms with E-state index in [1.807, 2.05) is 26.0 Å². The van der Waals surface area contributed by atoms with Crippen LogP contribution in [0.3, 0.4) is 0 Å². The van der Waals surface area contributed by atoms with Gasteiger partial charge < -0.3 is 9.84 Å². The number of ether oxygens (including phenoxy) is 1. The maximum absolute atomic E-state index is 12.1. The van der Waals surface area contributed by atoms with E-state index in [1.54, 1.807) is 6.07 Å². The van der Waals surface area contributed by atoms with Crippen molar-refractivity contribution in [2.75, 3.05) is 0 Å².